The summed E-state index contributed by atoms with van der Waals surface area (Å²) >= 11 is 0. The molecule has 2 aromatic rings. The highest BCUT2D eigenvalue weighted by molar-refractivity contribution is 5.92. The van der Waals surface area contributed by atoms with Crippen molar-refractivity contribution < 1.29 is 14.6 Å². The molecule has 5 nitrogen and oxygen atoms in total. The van der Waals surface area contributed by atoms with Gasteiger partial charge in [0, 0.05) is 24.0 Å². The first-order valence-corrected chi connectivity index (χ1v) is 6.51. The van der Waals surface area contributed by atoms with Crippen molar-refractivity contribution in [2.75, 3.05) is 12.4 Å². The van der Waals surface area contributed by atoms with Crippen LogP contribution in [0.15, 0.2) is 30.5 Å². The number of benzene rings is 1. The number of anilines is 1. The van der Waals surface area contributed by atoms with Gasteiger partial charge >= 0.3 is 5.97 Å². The van der Waals surface area contributed by atoms with E-state index in [-0.39, 0.29) is 12.5 Å². The van der Waals surface area contributed by atoms with Crippen LogP contribution in [0.4, 0.5) is 5.82 Å². The van der Waals surface area contributed by atoms with Crippen LogP contribution in [0, 0.1) is 0 Å². The Morgan fingerprint density at radius 3 is 2.95 bits per heavy atom. The molecule has 0 aliphatic heterocycles. The maximum atomic E-state index is 10.6. The van der Waals surface area contributed by atoms with Gasteiger partial charge < -0.3 is 15.2 Å². The van der Waals surface area contributed by atoms with Crippen LogP contribution in [0.5, 0.6) is 5.75 Å². The van der Waals surface area contributed by atoms with Crippen LogP contribution in [0.1, 0.15) is 19.8 Å². The first-order valence-electron chi connectivity index (χ1n) is 6.51. The smallest absolute Gasteiger partial charge is 0.303 e. The van der Waals surface area contributed by atoms with Crippen LogP contribution in [0.3, 0.4) is 0 Å². The Morgan fingerprint density at radius 2 is 2.25 bits per heavy atom. The van der Waals surface area contributed by atoms with Gasteiger partial charge in [0.1, 0.15) is 11.6 Å². The first kappa shape index (κ1) is 14.1. The molecule has 0 bridgehead atoms. The van der Waals surface area contributed by atoms with Crippen molar-refractivity contribution in [3.8, 4) is 5.75 Å². The molecule has 0 saturated carbocycles. The second-order valence-corrected chi connectivity index (χ2v) is 4.72. The second kappa shape index (κ2) is 6.23. The van der Waals surface area contributed by atoms with E-state index in [9.17, 15) is 4.79 Å². The molecule has 1 atom stereocenters. The molecular weight excluding hydrogens is 256 g/mol. The largest absolute Gasteiger partial charge is 0.497 e. The van der Waals surface area contributed by atoms with E-state index >= 15 is 0 Å². The summed E-state index contributed by atoms with van der Waals surface area (Å²) in [7, 11) is 1.63. The minimum atomic E-state index is -0.783. The van der Waals surface area contributed by atoms with E-state index in [1.807, 2.05) is 31.2 Å². The summed E-state index contributed by atoms with van der Waals surface area (Å²) in [6.07, 6.45) is 2.43. The Hall–Kier alpha value is -2.30. The molecule has 0 aliphatic carbocycles. The minimum absolute atomic E-state index is 0.0475. The maximum absolute atomic E-state index is 10.6. The van der Waals surface area contributed by atoms with Crippen LogP contribution in [-0.4, -0.2) is 29.2 Å². The number of nitrogens with one attached hydrogen (secondary N) is 1. The second-order valence-electron chi connectivity index (χ2n) is 4.72. The summed E-state index contributed by atoms with van der Waals surface area (Å²) in [5.74, 6) is 0.783. The van der Waals surface area contributed by atoms with E-state index < -0.39 is 5.97 Å². The summed E-state index contributed by atoms with van der Waals surface area (Å²) < 4.78 is 5.20. The molecule has 0 fully saturated rings. The van der Waals surface area contributed by atoms with Crippen molar-refractivity contribution in [2.45, 2.75) is 25.8 Å². The molecule has 1 unspecified atom stereocenters. The molecule has 5 heteroatoms. The number of rotatable bonds is 6. The summed E-state index contributed by atoms with van der Waals surface area (Å²) in [4.78, 5) is 14.9. The predicted molar refractivity (Wildman–Crippen MR) is 78.2 cm³/mol. The fraction of sp³-hybridized carbons (Fsp3) is 0.333. The molecule has 2 N–H and O–H groups in total. The number of methoxy groups -OCH3 is 1. The third-order valence-corrected chi connectivity index (χ3v) is 3.15. The first-order chi connectivity index (χ1) is 9.60. The molecule has 0 aliphatic rings. The van der Waals surface area contributed by atoms with E-state index in [1.165, 1.54) is 0 Å². The predicted octanol–water partition coefficient (Wildman–Crippen LogP) is 2.91. The monoisotopic (exact) mass is 274 g/mol. The van der Waals surface area contributed by atoms with E-state index in [1.54, 1.807) is 13.3 Å². The van der Waals surface area contributed by atoms with Crippen molar-refractivity contribution in [1.29, 1.82) is 0 Å². The zero-order chi connectivity index (χ0) is 14.5. The van der Waals surface area contributed by atoms with Gasteiger partial charge in [0.05, 0.1) is 7.11 Å². The number of nitrogens with zero attached hydrogens (tertiary/aromatic N) is 1. The van der Waals surface area contributed by atoms with E-state index in [0.29, 0.717) is 6.42 Å². The normalized spacial score (nSPS) is 12.1. The lowest BCUT2D eigenvalue weighted by Gasteiger charge is -2.15. The molecule has 0 spiro atoms. The Morgan fingerprint density at radius 1 is 1.45 bits per heavy atom. The van der Waals surface area contributed by atoms with Crippen LogP contribution < -0.4 is 10.1 Å². The topological polar surface area (TPSA) is 71.5 Å². The zero-order valence-corrected chi connectivity index (χ0v) is 11.6. The lowest BCUT2D eigenvalue weighted by molar-refractivity contribution is -0.137. The molecule has 1 aromatic carbocycles. The molecule has 20 heavy (non-hydrogen) atoms. The van der Waals surface area contributed by atoms with Crippen molar-refractivity contribution in [2.24, 2.45) is 0 Å². The lowest BCUT2D eigenvalue weighted by Crippen LogP contribution is -2.17. The van der Waals surface area contributed by atoms with Gasteiger partial charge in [-0.15, -0.1) is 0 Å². The van der Waals surface area contributed by atoms with Gasteiger partial charge in [0.2, 0.25) is 0 Å². The Labute approximate surface area is 117 Å². The number of carboxylic acid groups (broad SMARTS) is 1. The summed E-state index contributed by atoms with van der Waals surface area (Å²) in [5.41, 5.74) is 0. The van der Waals surface area contributed by atoms with Crippen LogP contribution in [0.2, 0.25) is 0 Å². The molecule has 1 heterocycles. The highest BCUT2D eigenvalue weighted by Crippen LogP contribution is 2.25. The lowest BCUT2D eigenvalue weighted by atomic mass is 10.1. The number of carboxylic acids is 1. The third kappa shape index (κ3) is 3.38. The van der Waals surface area contributed by atoms with E-state index in [2.05, 4.69) is 10.3 Å². The molecule has 1 aromatic heterocycles. The highest BCUT2D eigenvalue weighted by atomic mass is 16.5. The fourth-order valence-corrected chi connectivity index (χ4v) is 2.04. The van der Waals surface area contributed by atoms with Gasteiger partial charge in [-0.05, 0) is 43.0 Å². The molecule has 2 rings (SSSR count). The molecule has 0 amide bonds. The average Bonchev–Trinajstić information content (AvgIpc) is 2.45. The fourth-order valence-electron chi connectivity index (χ4n) is 2.04. The number of aliphatic carboxylic acids is 1. The quantitative estimate of drug-likeness (QED) is 0.847. The van der Waals surface area contributed by atoms with Crippen LogP contribution in [-0.2, 0) is 4.79 Å². The Bertz CT molecular complexity index is 613. The molecule has 0 saturated heterocycles. The maximum Gasteiger partial charge on any atom is 0.303 e. The van der Waals surface area contributed by atoms with E-state index in [4.69, 9.17) is 9.84 Å². The van der Waals surface area contributed by atoms with Gasteiger partial charge in [-0.3, -0.25) is 4.79 Å². The number of carbonyl (C=O) groups is 1. The SMILES string of the molecule is COc1ccc2c(NC(C)CCC(=O)O)nccc2c1. The van der Waals surface area contributed by atoms with Gasteiger partial charge in [-0.25, -0.2) is 4.98 Å². The van der Waals surface area contributed by atoms with Crippen molar-refractivity contribution in [3.63, 3.8) is 0 Å². The summed E-state index contributed by atoms with van der Waals surface area (Å²) in [6.45, 7) is 1.95. The third-order valence-electron chi connectivity index (χ3n) is 3.15. The van der Waals surface area contributed by atoms with Crippen molar-refractivity contribution in [1.82, 2.24) is 4.98 Å². The number of pyridine rings is 1. The van der Waals surface area contributed by atoms with Crippen LogP contribution in [0.25, 0.3) is 10.8 Å². The van der Waals surface area contributed by atoms with Crippen LogP contribution >= 0.6 is 0 Å². The highest BCUT2D eigenvalue weighted by Gasteiger charge is 2.09. The molecule has 0 radical (unpaired) electrons. The Balaban J connectivity index is 2.19. The summed E-state index contributed by atoms with van der Waals surface area (Å²) in [6, 6.07) is 7.76. The number of hydrogen-bond acceptors (Lipinski definition) is 4. The minimum Gasteiger partial charge on any atom is -0.497 e. The molecular formula is C15H18N2O3. The van der Waals surface area contributed by atoms with Gasteiger partial charge in [-0.2, -0.15) is 0 Å². The van der Waals surface area contributed by atoms with Crippen molar-refractivity contribution >= 4 is 22.6 Å². The zero-order valence-electron chi connectivity index (χ0n) is 11.6. The number of aromatic nitrogens is 1. The number of fused-ring (bicyclic) bond motifs is 1. The average molecular weight is 274 g/mol. The standard InChI is InChI=1S/C15H18N2O3/c1-10(3-6-14(18)19)17-15-13-5-4-12(20-2)9-11(13)7-8-16-15/h4-5,7-10H,3,6H2,1-2H3,(H,16,17)(H,18,19). The van der Waals surface area contributed by atoms with E-state index in [0.717, 1.165) is 22.3 Å². The number of ether oxygens (including phenoxy) is 1. The van der Waals surface area contributed by atoms with Crippen molar-refractivity contribution in [3.05, 3.63) is 30.5 Å². The van der Waals surface area contributed by atoms with Gasteiger partial charge in [0.25, 0.3) is 0 Å². The summed E-state index contributed by atoms with van der Waals surface area (Å²) in [5, 5.41) is 14.0. The van der Waals surface area contributed by atoms with Gasteiger partial charge in [-0.1, -0.05) is 0 Å². The number of hydrogen-bond donors (Lipinski definition) is 2. The molecule has 106 valence electrons. The Kier molecular flexibility index (Phi) is 4.40. The van der Waals surface area contributed by atoms with Gasteiger partial charge in [0.15, 0.2) is 0 Å².